The van der Waals surface area contributed by atoms with Gasteiger partial charge in [-0.2, -0.15) is 5.10 Å². The Labute approximate surface area is 156 Å². The molecule has 0 bridgehead atoms. The van der Waals surface area contributed by atoms with Crippen molar-refractivity contribution in [3.05, 3.63) is 91.3 Å². The number of aromatic nitrogens is 3. The summed E-state index contributed by atoms with van der Waals surface area (Å²) in [7, 11) is 0. The van der Waals surface area contributed by atoms with E-state index in [2.05, 4.69) is 46.5 Å². The standard InChI is InChI=1S/C23H17N3O/c27-22-11-2-1-9-20(22)21-15-17-7-4-10-19(23(17)25-21)16-6-3-8-18(14-16)26-13-5-12-24-26/h1-15,25,27H. The molecule has 0 radical (unpaired) electrons. The van der Waals surface area contributed by atoms with Gasteiger partial charge in [0.2, 0.25) is 0 Å². The molecule has 0 unspecified atom stereocenters. The number of phenols is 1. The van der Waals surface area contributed by atoms with Crippen LogP contribution in [0.25, 0.3) is 39.0 Å². The van der Waals surface area contributed by atoms with Crippen molar-refractivity contribution in [2.45, 2.75) is 0 Å². The Morgan fingerprint density at radius 2 is 1.67 bits per heavy atom. The van der Waals surface area contributed by atoms with Crippen LogP contribution in [-0.4, -0.2) is 19.9 Å². The molecule has 5 aromatic rings. The van der Waals surface area contributed by atoms with Crippen LogP contribution < -0.4 is 0 Å². The third-order valence-corrected chi connectivity index (χ3v) is 4.78. The summed E-state index contributed by atoms with van der Waals surface area (Å²) in [5.74, 6) is 0.270. The summed E-state index contributed by atoms with van der Waals surface area (Å²) in [6.45, 7) is 0. The molecule has 2 N–H and O–H groups in total. The lowest BCUT2D eigenvalue weighted by molar-refractivity contribution is 0.477. The molecule has 2 heterocycles. The molecule has 0 atom stereocenters. The maximum absolute atomic E-state index is 10.2. The SMILES string of the molecule is Oc1ccccc1-c1cc2cccc(-c3cccc(-n4cccn4)c3)c2[nH]1. The third-order valence-electron chi connectivity index (χ3n) is 4.78. The molecule has 0 amide bonds. The summed E-state index contributed by atoms with van der Waals surface area (Å²) in [4.78, 5) is 3.49. The normalized spacial score (nSPS) is 11.1. The van der Waals surface area contributed by atoms with Gasteiger partial charge in [-0.25, -0.2) is 4.68 Å². The van der Waals surface area contributed by atoms with E-state index in [1.807, 2.05) is 47.3 Å². The van der Waals surface area contributed by atoms with Crippen molar-refractivity contribution in [3.63, 3.8) is 0 Å². The van der Waals surface area contributed by atoms with Crippen LogP contribution in [-0.2, 0) is 0 Å². The van der Waals surface area contributed by atoms with Gasteiger partial charge in [0.1, 0.15) is 5.75 Å². The Morgan fingerprint density at radius 1 is 0.815 bits per heavy atom. The first-order valence-electron chi connectivity index (χ1n) is 8.80. The van der Waals surface area contributed by atoms with Crippen molar-refractivity contribution in [1.29, 1.82) is 0 Å². The van der Waals surface area contributed by atoms with Gasteiger partial charge >= 0.3 is 0 Å². The lowest BCUT2D eigenvalue weighted by Crippen LogP contribution is -1.94. The predicted octanol–water partition coefficient (Wildman–Crippen LogP) is 5.39. The largest absolute Gasteiger partial charge is 0.507 e. The van der Waals surface area contributed by atoms with Crippen molar-refractivity contribution in [2.75, 3.05) is 0 Å². The van der Waals surface area contributed by atoms with Gasteiger partial charge in [-0.15, -0.1) is 0 Å². The summed E-state index contributed by atoms with van der Waals surface area (Å²) in [5, 5.41) is 15.6. The van der Waals surface area contributed by atoms with E-state index < -0.39 is 0 Å². The highest BCUT2D eigenvalue weighted by Crippen LogP contribution is 2.35. The fourth-order valence-corrected chi connectivity index (χ4v) is 3.48. The van der Waals surface area contributed by atoms with Crippen LogP contribution >= 0.6 is 0 Å². The quantitative estimate of drug-likeness (QED) is 0.458. The number of fused-ring (bicyclic) bond motifs is 1. The lowest BCUT2D eigenvalue weighted by Gasteiger charge is -2.07. The number of hydrogen-bond acceptors (Lipinski definition) is 2. The molecule has 0 aliphatic rings. The second-order valence-electron chi connectivity index (χ2n) is 6.47. The van der Waals surface area contributed by atoms with Crippen LogP contribution in [0.5, 0.6) is 5.75 Å². The minimum absolute atomic E-state index is 0.270. The zero-order valence-electron chi connectivity index (χ0n) is 14.5. The molecule has 2 aromatic heterocycles. The number of H-pyrrole nitrogens is 1. The molecule has 0 aliphatic carbocycles. The van der Waals surface area contributed by atoms with Crippen LogP contribution in [0.4, 0.5) is 0 Å². The Morgan fingerprint density at radius 3 is 2.52 bits per heavy atom. The van der Waals surface area contributed by atoms with E-state index in [9.17, 15) is 5.11 Å². The number of aromatic amines is 1. The average Bonchev–Trinajstić information content (AvgIpc) is 3.38. The van der Waals surface area contributed by atoms with Gasteiger partial charge in [-0.05, 0) is 42.0 Å². The Bertz CT molecular complexity index is 1240. The van der Waals surface area contributed by atoms with Crippen LogP contribution in [0, 0.1) is 0 Å². The first-order valence-corrected chi connectivity index (χ1v) is 8.80. The molecule has 27 heavy (non-hydrogen) atoms. The van der Waals surface area contributed by atoms with Crippen molar-refractivity contribution >= 4 is 10.9 Å². The average molecular weight is 351 g/mol. The summed E-state index contributed by atoms with van der Waals surface area (Å²) < 4.78 is 1.85. The summed E-state index contributed by atoms with van der Waals surface area (Å²) in [6.07, 6.45) is 3.71. The first-order chi connectivity index (χ1) is 13.3. The van der Waals surface area contributed by atoms with E-state index >= 15 is 0 Å². The molecular formula is C23H17N3O. The van der Waals surface area contributed by atoms with Crippen LogP contribution in [0.2, 0.25) is 0 Å². The number of benzene rings is 3. The minimum atomic E-state index is 0.270. The second-order valence-corrected chi connectivity index (χ2v) is 6.47. The number of phenolic OH excluding ortho intramolecular Hbond substituents is 1. The van der Waals surface area contributed by atoms with Crippen molar-refractivity contribution in [2.24, 2.45) is 0 Å². The molecule has 0 saturated heterocycles. The summed E-state index contributed by atoms with van der Waals surface area (Å²) in [5.41, 5.74) is 5.99. The monoisotopic (exact) mass is 351 g/mol. The van der Waals surface area contributed by atoms with E-state index in [1.165, 1.54) is 0 Å². The van der Waals surface area contributed by atoms with Crippen LogP contribution in [0.1, 0.15) is 0 Å². The molecule has 4 heteroatoms. The van der Waals surface area contributed by atoms with Crippen LogP contribution in [0.3, 0.4) is 0 Å². The van der Waals surface area contributed by atoms with E-state index in [0.717, 1.165) is 39.0 Å². The lowest BCUT2D eigenvalue weighted by atomic mass is 10.0. The Hall–Kier alpha value is -3.79. The highest BCUT2D eigenvalue weighted by molar-refractivity contribution is 5.97. The van der Waals surface area contributed by atoms with Crippen molar-refractivity contribution < 1.29 is 5.11 Å². The topological polar surface area (TPSA) is 53.8 Å². The number of hydrogen-bond donors (Lipinski definition) is 2. The molecule has 0 aliphatic heterocycles. The number of para-hydroxylation sites is 2. The highest BCUT2D eigenvalue weighted by atomic mass is 16.3. The molecule has 0 saturated carbocycles. The molecule has 130 valence electrons. The number of rotatable bonds is 3. The Balaban J connectivity index is 1.67. The Kier molecular flexibility index (Phi) is 3.54. The van der Waals surface area contributed by atoms with E-state index in [-0.39, 0.29) is 5.75 Å². The van der Waals surface area contributed by atoms with Gasteiger partial charge in [0.25, 0.3) is 0 Å². The second kappa shape index (κ2) is 6.18. The molecule has 3 aromatic carbocycles. The molecule has 0 spiro atoms. The predicted molar refractivity (Wildman–Crippen MR) is 108 cm³/mol. The van der Waals surface area contributed by atoms with Gasteiger partial charge in [0, 0.05) is 28.9 Å². The highest BCUT2D eigenvalue weighted by Gasteiger charge is 2.11. The molecular weight excluding hydrogens is 334 g/mol. The fourth-order valence-electron chi connectivity index (χ4n) is 3.48. The van der Waals surface area contributed by atoms with E-state index in [4.69, 9.17) is 0 Å². The van der Waals surface area contributed by atoms with Gasteiger partial charge in [-0.1, -0.05) is 42.5 Å². The maximum atomic E-state index is 10.2. The molecule has 4 nitrogen and oxygen atoms in total. The van der Waals surface area contributed by atoms with Gasteiger partial charge in [-0.3, -0.25) is 0 Å². The van der Waals surface area contributed by atoms with Gasteiger partial charge in [0.15, 0.2) is 0 Å². The fraction of sp³-hybridized carbons (Fsp3) is 0. The van der Waals surface area contributed by atoms with Crippen molar-refractivity contribution in [1.82, 2.24) is 14.8 Å². The van der Waals surface area contributed by atoms with E-state index in [1.54, 1.807) is 12.3 Å². The zero-order chi connectivity index (χ0) is 18.2. The first kappa shape index (κ1) is 15.5. The third kappa shape index (κ3) is 2.68. The smallest absolute Gasteiger partial charge is 0.124 e. The molecule has 0 fully saturated rings. The zero-order valence-corrected chi connectivity index (χ0v) is 14.5. The molecule has 5 rings (SSSR count). The maximum Gasteiger partial charge on any atom is 0.124 e. The number of aromatic hydroxyl groups is 1. The van der Waals surface area contributed by atoms with Gasteiger partial charge in [0.05, 0.1) is 16.9 Å². The van der Waals surface area contributed by atoms with Gasteiger partial charge < -0.3 is 10.1 Å². The number of nitrogens with zero attached hydrogens (tertiary/aromatic N) is 2. The summed E-state index contributed by atoms with van der Waals surface area (Å²) >= 11 is 0. The summed E-state index contributed by atoms with van der Waals surface area (Å²) in [6, 6.07) is 25.9. The minimum Gasteiger partial charge on any atom is -0.507 e. The number of nitrogens with one attached hydrogen (secondary N) is 1. The van der Waals surface area contributed by atoms with Crippen molar-refractivity contribution in [3.8, 4) is 33.8 Å². The van der Waals surface area contributed by atoms with E-state index in [0.29, 0.717) is 0 Å². The van der Waals surface area contributed by atoms with Crippen LogP contribution in [0.15, 0.2) is 91.3 Å².